The molecular formula is C24H37N3O. The maximum atomic E-state index is 5.30. The maximum Gasteiger partial charge on any atom is 0.118 e. The van der Waals surface area contributed by atoms with Crippen LogP contribution in [0.25, 0.3) is 0 Å². The van der Waals surface area contributed by atoms with Gasteiger partial charge in [0.2, 0.25) is 0 Å². The average molecular weight is 384 g/mol. The van der Waals surface area contributed by atoms with Crippen LogP contribution in [-0.2, 0) is 6.54 Å². The van der Waals surface area contributed by atoms with Gasteiger partial charge in [-0.1, -0.05) is 53.7 Å². The highest BCUT2D eigenvalue weighted by Gasteiger charge is 2.39. The zero-order chi connectivity index (χ0) is 20.7. The van der Waals surface area contributed by atoms with Crippen molar-refractivity contribution in [3.05, 3.63) is 41.1 Å². The van der Waals surface area contributed by atoms with Gasteiger partial charge in [-0.2, -0.15) is 0 Å². The highest BCUT2D eigenvalue weighted by atomic mass is 16.5. The molecule has 1 aromatic rings. The van der Waals surface area contributed by atoms with Crippen LogP contribution in [0.2, 0.25) is 0 Å². The fraction of sp³-hybridized carbons (Fsp3) is 0.625. The number of hydrogen-bond donors (Lipinski definition) is 0. The molecule has 1 saturated heterocycles. The van der Waals surface area contributed by atoms with Crippen LogP contribution in [0.5, 0.6) is 5.75 Å². The highest BCUT2D eigenvalue weighted by Crippen LogP contribution is 2.40. The topological polar surface area (TPSA) is 28.1 Å². The molecule has 0 bridgehead atoms. The van der Waals surface area contributed by atoms with Crippen molar-refractivity contribution < 1.29 is 4.74 Å². The predicted octanol–water partition coefficient (Wildman–Crippen LogP) is 4.96. The van der Waals surface area contributed by atoms with Gasteiger partial charge < -0.3 is 9.64 Å². The predicted molar refractivity (Wildman–Crippen MR) is 118 cm³/mol. The summed E-state index contributed by atoms with van der Waals surface area (Å²) >= 11 is 0. The smallest absolute Gasteiger partial charge is 0.118 e. The van der Waals surface area contributed by atoms with Crippen molar-refractivity contribution in [1.82, 2.24) is 9.80 Å². The molecule has 0 radical (unpaired) electrons. The molecule has 0 amide bonds. The van der Waals surface area contributed by atoms with Gasteiger partial charge in [0.05, 0.1) is 13.2 Å². The minimum absolute atomic E-state index is 0.0566. The number of fused-ring (bicyclic) bond motifs is 1. The van der Waals surface area contributed by atoms with E-state index in [1.807, 2.05) is 0 Å². The van der Waals surface area contributed by atoms with Crippen molar-refractivity contribution in [2.24, 2.45) is 15.8 Å². The lowest BCUT2D eigenvalue weighted by Crippen LogP contribution is -2.53. The summed E-state index contributed by atoms with van der Waals surface area (Å²) in [4.78, 5) is 10.3. The Morgan fingerprint density at radius 3 is 2.18 bits per heavy atom. The number of methoxy groups -OCH3 is 1. The lowest BCUT2D eigenvalue weighted by atomic mass is 9.78. The van der Waals surface area contributed by atoms with E-state index >= 15 is 0 Å². The summed E-state index contributed by atoms with van der Waals surface area (Å²) in [6.45, 7) is 20.1. The van der Waals surface area contributed by atoms with Crippen LogP contribution in [0.4, 0.5) is 0 Å². The molecule has 0 aromatic heterocycles. The number of ether oxygens (including phenoxy) is 1. The molecule has 2 aliphatic heterocycles. The molecule has 3 rings (SSSR count). The number of aliphatic imine (C=N–C) groups is 1. The molecule has 2 aliphatic rings. The SMILES string of the molecule is COc1ccc(CN2CCN3C(C(C)(C)C)=N[C@@H](C)C(C(C)(C)C)=C3C2)cc1. The molecule has 1 aromatic carbocycles. The lowest BCUT2D eigenvalue weighted by molar-refractivity contribution is 0.194. The summed E-state index contributed by atoms with van der Waals surface area (Å²) in [5.41, 5.74) is 4.46. The van der Waals surface area contributed by atoms with Gasteiger partial charge in [-0.3, -0.25) is 9.89 Å². The minimum Gasteiger partial charge on any atom is -0.497 e. The summed E-state index contributed by atoms with van der Waals surface area (Å²) in [6.07, 6.45) is 0. The Hall–Kier alpha value is -1.81. The van der Waals surface area contributed by atoms with E-state index in [0.29, 0.717) is 0 Å². The van der Waals surface area contributed by atoms with Crippen molar-refractivity contribution in [2.45, 2.75) is 61.1 Å². The second kappa shape index (κ2) is 7.55. The zero-order valence-corrected chi connectivity index (χ0v) is 19.0. The Balaban J connectivity index is 1.89. The van der Waals surface area contributed by atoms with Gasteiger partial charge in [0.15, 0.2) is 0 Å². The van der Waals surface area contributed by atoms with Gasteiger partial charge >= 0.3 is 0 Å². The van der Waals surface area contributed by atoms with E-state index in [2.05, 4.69) is 82.5 Å². The van der Waals surface area contributed by atoms with Crippen LogP contribution >= 0.6 is 0 Å². The number of piperazine rings is 1. The number of benzene rings is 1. The van der Waals surface area contributed by atoms with E-state index in [-0.39, 0.29) is 16.9 Å². The van der Waals surface area contributed by atoms with Crippen molar-refractivity contribution in [3.63, 3.8) is 0 Å². The van der Waals surface area contributed by atoms with Crippen LogP contribution in [-0.4, -0.2) is 48.4 Å². The second-order valence-corrected chi connectivity index (χ2v) is 10.2. The lowest BCUT2D eigenvalue weighted by Gasteiger charge is -2.48. The Bertz CT molecular complexity index is 763. The standard InChI is InChI=1S/C24H37N3O/c1-17-21(23(2,3)4)20-16-26(15-18-9-11-19(28-8)12-10-18)13-14-27(20)22(25-17)24(5,6)7/h9-12,17H,13-16H2,1-8H3/t17-/m0/s1. The number of nitrogens with zero attached hydrogens (tertiary/aromatic N) is 3. The minimum atomic E-state index is 0.0566. The van der Waals surface area contributed by atoms with E-state index in [1.54, 1.807) is 7.11 Å². The molecule has 4 heteroatoms. The zero-order valence-electron chi connectivity index (χ0n) is 19.0. The van der Waals surface area contributed by atoms with Crippen LogP contribution in [0.15, 0.2) is 40.5 Å². The molecule has 0 aliphatic carbocycles. The quantitative estimate of drug-likeness (QED) is 0.738. The second-order valence-electron chi connectivity index (χ2n) is 10.2. The summed E-state index contributed by atoms with van der Waals surface area (Å²) in [5.74, 6) is 2.16. The first-order valence-corrected chi connectivity index (χ1v) is 10.5. The molecule has 2 heterocycles. The van der Waals surface area contributed by atoms with Crippen LogP contribution in [0.3, 0.4) is 0 Å². The van der Waals surface area contributed by atoms with Gasteiger partial charge in [0.25, 0.3) is 0 Å². The van der Waals surface area contributed by atoms with E-state index < -0.39 is 0 Å². The van der Waals surface area contributed by atoms with E-state index in [0.717, 1.165) is 31.9 Å². The summed E-state index contributed by atoms with van der Waals surface area (Å²) in [6, 6.07) is 8.70. The molecule has 0 saturated carbocycles. The number of hydrogen-bond acceptors (Lipinski definition) is 4. The highest BCUT2D eigenvalue weighted by molar-refractivity contribution is 5.90. The largest absolute Gasteiger partial charge is 0.497 e. The van der Waals surface area contributed by atoms with Gasteiger partial charge in [0, 0.05) is 37.3 Å². The third kappa shape index (κ3) is 4.27. The van der Waals surface area contributed by atoms with Gasteiger partial charge in [-0.25, -0.2) is 0 Å². The Labute approximate surface area is 171 Å². The molecule has 0 unspecified atom stereocenters. The fourth-order valence-corrected chi connectivity index (χ4v) is 4.56. The van der Waals surface area contributed by atoms with Crippen molar-refractivity contribution in [3.8, 4) is 5.75 Å². The summed E-state index contributed by atoms with van der Waals surface area (Å²) in [7, 11) is 1.72. The van der Waals surface area contributed by atoms with Crippen LogP contribution in [0.1, 0.15) is 54.0 Å². The van der Waals surface area contributed by atoms with E-state index in [9.17, 15) is 0 Å². The molecule has 154 valence electrons. The normalized spacial score (nSPS) is 21.5. The van der Waals surface area contributed by atoms with Crippen molar-refractivity contribution in [2.75, 3.05) is 26.7 Å². The Morgan fingerprint density at radius 1 is 1.00 bits per heavy atom. The van der Waals surface area contributed by atoms with Crippen LogP contribution < -0.4 is 4.74 Å². The Morgan fingerprint density at radius 2 is 1.64 bits per heavy atom. The van der Waals surface area contributed by atoms with Crippen molar-refractivity contribution in [1.29, 1.82) is 0 Å². The van der Waals surface area contributed by atoms with Crippen molar-refractivity contribution >= 4 is 5.84 Å². The molecule has 28 heavy (non-hydrogen) atoms. The number of rotatable bonds is 3. The Kier molecular flexibility index (Phi) is 5.64. The molecule has 0 spiro atoms. The summed E-state index contributed by atoms with van der Waals surface area (Å²) < 4.78 is 5.30. The van der Waals surface area contributed by atoms with E-state index in [1.165, 1.54) is 22.7 Å². The van der Waals surface area contributed by atoms with Crippen LogP contribution in [0, 0.1) is 10.8 Å². The first kappa shape index (κ1) is 20.9. The third-order valence-corrected chi connectivity index (χ3v) is 5.68. The monoisotopic (exact) mass is 383 g/mol. The van der Waals surface area contributed by atoms with E-state index in [4.69, 9.17) is 9.73 Å². The fourth-order valence-electron chi connectivity index (χ4n) is 4.56. The summed E-state index contributed by atoms with van der Waals surface area (Å²) in [5, 5.41) is 0. The van der Waals surface area contributed by atoms with Gasteiger partial charge in [-0.15, -0.1) is 0 Å². The third-order valence-electron chi connectivity index (χ3n) is 5.68. The molecule has 1 atom stereocenters. The first-order chi connectivity index (χ1) is 13.0. The van der Waals surface area contributed by atoms with Gasteiger partial charge in [-0.05, 0) is 35.6 Å². The average Bonchev–Trinajstić information content (AvgIpc) is 2.59. The molecule has 1 fully saturated rings. The molecule has 0 N–H and O–H groups in total. The maximum absolute atomic E-state index is 5.30. The molecular weight excluding hydrogens is 346 g/mol. The number of amidine groups is 1. The van der Waals surface area contributed by atoms with Gasteiger partial charge in [0.1, 0.15) is 11.6 Å². The molecule has 4 nitrogen and oxygen atoms in total. The first-order valence-electron chi connectivity index (χ1n) is 10.5.